The Kier molecular flexibility index (Phi) is 38.4. The molecule has 1 unspecified atom stereocenters. The van der Waals surface area contributed by atoms with E-state index >= 15 is 0 Å². The lowest BCUT2D eigenvalue weighted by Gasteiger charge is -2.20. The summed E-state index contributed by atoms with van der Waals surface area (Å²) >= 11 is 0. The van der Waals surface area contributed by atoms with Gasteiger partial charge in [0, 0.05) is 12.8 Å². The van der Waals surface area contributed by atoms with Crippen molar-refractivity contribution in [2.45, 2.75) is 141 Å². The number of hydrogen-bond donors (Lipinski definition) is 4. The molecule has 4 atom stereocenters. The first kappa shape index (κ1) is 56.8. The molecule has 0 aromatic carbocycles. The average Bonchev–Trinajstić information content (AvgIpc) is 3.23. The van der Waals surface area contributed by atoms with Crippen LogP contribution in [0.4, 0.5) is 0 Å². The van der Waals surface area contributed by atoms with Crippen LogP contribution < -0.4 is 5.73 Å². The first-order valence-electron chi connectivity index (χ1n) is 21.7. The van der Waals surface area contributed by atoms with Gasteiger partial charge in [-0.1, -0.05) is 148 Å². The van der Waals surface area contributed by atoms with E-state index in [0.29, 0.717) is 25.7 Å². The smallest absolute Gasteiger partial charge is 0.472 e. The van der Waals surface area contributed by atoms with Crippen LogP contribution in [0.1, 0.15) is 123 Å². The van der Waals surface area contributed by atoms with Gasteiger partial charge in [-0.15, -0.1) is 0 Å². The number of carbonyl (C=O) groups excluding carboxylic acids is 2. The molecule has 13 heteroatoms. The fraction of sp³-hybridized carbons (Fsp3) is 0.521. The van der Waals surface area contributed by atoms with Gasteiger partial charge in [-0.2, -0.15) is 0 Å². The van der Waals surface area contributed by atoms with Crippen molar-refractivity contribution in [2.75, 3.05) is 19.8 Å². The van der Waals surface area contributed by atoms with Crippen molar-refractivity contribution in [3.05, 3.63) is 122 Å². The van der Waals surface area contributed by atoms with Gasteiger partial charge >= 0.3 is 25.7 Å². The van der Waals surface area contributed by atoms with Gasteiger partial charge in [-0.3, -0.25) is 23.4 Å². The number of carbonyl (C=O) groups is 3. The number of aliphatic hydroxyl groups excluding tert-OH is 1. The molecule has 0 aliphatic carbocycles. The maximum Gasteiger partial charge on any atom is 0.472 e. The van der Waals surface area contributed by atoms with Crippen molar-refractivity contribution in [3.8, 4) is 0 Å². The van der Waals surface area contributed by atoms with E-state index in [4.69, 9.17) is 24.8 Å². The third-order valence-electron chi connectivity index (χ3n) is 8.31. The van der Waals surface area contributed by atoms with Crippen LogP contribution in [0.2, 0.25) is 0 Å². The minimum atomic E-state index is -4.79. The number of phosphoric acid groups is 1. The number of nitrogens with two attached hydrogens (primary N) is 1. The van der Waals surface area contributed by atoms with Gasteiger partial charge in [0.2, 0.25) is 0 Å². The summed E-state index contributed by atoms with van der Waals surface area (Å²) in [5, 5.41) is 19.1. The molecule has 0 spiro atoms. The average molecular weight is 872 g/mol. The van der Waals surface area contributed by atoms with Crippen molar-refractivity contribution in [1.29, 1.82) is 0 Å². The molecule has 0 bridgehead atoms. The van der Waals surface area contributed by atoms with Gasteiger partial charge in [0.05, 0.1) is 19.3 Å². The van der Waals surface area contributed by atoms with Crippen molar-refractivity contribution in [1.82, 2.24) is 0 Å². The Bertz CT molecular complexity index is 1510. The molecule has 5 N–H and O–H groups in total. The first-order valence-corrected chi connectivity index (χ1v) is 23.2. The third-order valence-corrected chi connectivity index (χ3v) is 9.26. The molecule has 0 amide bonds. The first-order chi connectivity index (χ1) is 29.5. The molecule has 0 heterocycles. The number of esters is 2. The predicted molar refractivity (Wildman–Crippen MR) is 245 cm³/mol. The van der Waals surface area contributed by atoms with Crippen molar-refractivity contribution in [2.24, 2.45) is 5.73 Å². The minimum Gasteiger partial charge on any atom is -0.480 e. The quantitative estimate of drug-likeness (QED) is 0.0151. The van der Waals surface area contributed by atoms with Crippen LogP contribution >= 0.6 is 7.82 Å². The maximum atomic E-state index is 12.6. The molecule has 342 valence electrons. The Labute approximate surface area is 365 Å². The van der Waals surface area contributed by atoms with Crippen LogP contribution in [0.15, 0.2) is 122 Å². The normalized spacial score (nSPS) is 15.4. The highest BCUT2D eigenvalue weighted by atomic mass is 31.2. The second-order valence-corrected chi connectivity index (χ2v) is 15.4. The number of carboxylic acid groups (broad SMARTS) is 1. The Hall–Kier alpha value is -4.16. The molecule has 0 fully saturated rings. The molecule has 0 radical (unpaired) electrons. The van der Waals surface area contributed by atoms with E-state index in [9.17, 15) is 28.9 Å². The van der Waals surface area contributed by atoms with Crippen LogP contribution in [-0.2, 0) is 37.5 Å². The summed E-state index contributed by atoms with van der Waals surface area (Å²) in [7, 11) is -4.79. The lowest BCUT2D eigenvalue weighted by molar-refractivity contribution is -0.161. The standard InChI is InChI=1S/C48H74NO11P/c1-3-5-7-9-11-13-15-17-18-19-20-21-22-24-26-28-30-32-34-38-47(52)60-44(41-58-61(55,56)59-42-45(49)48(53)54)40-57-46(51)39-35-37-43(50)36-33-31-29-27-25-23-16-14-12-10-8-6-4-2/h5,7,11-14,17-18,20-21,23-26,29-33,36,43-45,50H,3-4,6,8-10,15-16,19,22,27-28,34-35,37-42,49H2,1-2H3,(H,53,54)(H,55,56)/b7-5-,13-11-,14-12-,18-17-,21-20-,25-23-,26-24-,31-29-,32-30-,36-33+/t43-,44-,45+/m1/s1. The highest BCUT2D eigenvalue weighted by Gasteiger charge is 2.28. The molecule has 12 nitrogen and oxygen atoms in total. The van der Waals surface area contributed by atoms with E-state index in [1.165, 1.54) is 19.3 Å². The number of allylic oxidation sites excluding steroid dienone is 19. The summed E-state index contributed by atoms with van der Waals surface area (Å²) in [4.78, 5) is 46.0. The molecule has 0 aromatic rings. The molecule has 61 heavy (non-hydrogen) atoms. The van der Waals surface area contributed by atoms with E-state index in [0.717, 1.165) is 51.4 Å². The van der Waals surface area contributed by atoms with E-state index in [2.05, 4.69) is 97.4 Å². The Morgan fingerprint density at radius 2 is 1.11 bits per heavy atom. The third kappa shape index (κ3) is 41.0. The highest BCUT2D eigenvalue weighted by Crippen LogP contribution is 2.43. The van der Waals surface area contributed by atoms with E-state index in [1.54, 1.807) is 12.2 Å². The van der Waals surface area contributed by atoms with Crippen LogP contribution in [0.5, 0.6) is 0 Å². The lowest BCUT2D eigenvalue weighted by atomic mass is 10.1. The molecular weight excluding hydrogens is 797 g/mol. The summed E-state index contributed by atoms with van der Waals surface area (Å²) < 4.78 is 32.4. The number of aliphatic carboxylic acids is 1. The van der Waals surface area contributed by atoms with Gasteiger partial charge in [0.1, 0.15) is 12.6 Å². The Morgan fingerprint density at radius 1 is 0.607 bits per heavy atom. The summed E-state index contributed by atoms with van der Waals surface area (Å²) in [6.45, 7) is 2.36. The molecule has 0 rings (SSSR count). The second-order valence-electron chi connectivity index (χ2n) is 13.9. The minimum absolute atomic E-state index is 0.0124. The molecule has 0 saturated carbocycles. The summed E-state index contributed by atoms with van der Waals surface area (Å²) in [6.07, 6.45) is 51.7. The number of aliphatic hydroxyl groups is 1. The number of phosphoric ester groups is 1. The van der Waals surface area contributed by atoms with E-state index in [1.807, 2.05) is 30.4 Å². The van der Waals surface area contributed by atoms with Gasteiger partial charge in [-0.05, 0) is 83.5 Å². The Balaban J connectivity index is 4.71. The SMILES string of the molecule is CC/C=C\C/C=C\C/C=C\C/C=C\C/C=C\C/C=C\CCC(=O)O[C@H](COC(=O)CCC[C@H](O)/C=C/C=C\C/C=C\C/C=C\CCCCC)COP(=O)(O)OC[C@H](N)C(=O)O. The van der Waals surface area contributed by atoms with Crippen molar-refractivity contribution < 1.29 is 52.6 Å². The fourth-order valence-corrected chi connectivity index (χ4v) is 5.68. The monoisotopic (exact) mass is 871 g/mol. The fourth-order valence-electron chi connectivity index (χ4n) is 4.90. The number of hydrogen-bond acceptors (Lipinski definition) is 10. The van der Waals surface area contributed by atoms with Gasteiger partial charge in [-0.25, -0.2) is 4.57 Å². The van der Waals surface area contributed by atoms with Crippen LogP contribution in [0.3, 0.4) is 0 Å². The molecule has 0 aliphatic rings. The largest absolute Gasteiger partial charge is 0.480 e. The molecule has 0 aromatic heterocycles. The van der Waals surface area contributed by atoms with Gasteiger partial charge < -0.3 is 30.3 Å². The molecule has 0 aliphatic heterocycles. The van der Waals surface area contributed by atoms with Crippen LogP contribution in [-0.4, -0.2) is 71.1 Å². The second kappa shape index (κ2) is 41.2. The van der Waals surface area contributed by atoms with Crippen molar-refractivity contribution >= 4 is 25.7 Å². The number of carboxylic acids is 1. The van der Waals surface area contributed by atoms with Crippen LogP contribution in [0, 0.1) is 0 Å². The molecule has 0 saturated heterocycles. The number of unbranched alkanes of at least 4 members (excludes halogenated alkanes) is 3. The summed E-state index contributed by atoms with van der Waals surface area (Å²) in [5.74, 6) is -2.73. The lowest BCUT2D eigenvalue weighted by Crippen LogP contribution is -2.34. The Morgan fingerprint density at radius 3 is 1.66 bits per heavy atom. The number of rotatable bonds is 38. The maximum absolute atomic E-state index is 12.6. The zero-order chi connectivity index (χ0) is 45.1. The van der Waals surface area contributed by atoms with Crippen molar-refractivity contribution in [3.63, 3.8) is 0 Å². The number of ether oxygens (including phenoxy) is 2. The zero-order valence-electron chi connectivity index (χ0n) is 36.6. The topological polar surface area (TPSA) is 192 Å². The van der Waals surface area contributed by atoms with E-state index < -0.39 is 63.8 Å². The summed E-state index contributed by atoms with van der Waals surface area (Å²) in [5.41, 5.74) is 5.32. The molecular formula is C48H74NO11P. The summed E-state index contributed by atoms with van der Waals surface area (Å²) in [6, 6.07) is -1.57. The van der Waals surface area contributed by atoms with Crippen LogP contribution in [0.25, 0.3) is 0 Å². The van der Waals surface area contributed by atoms with Gasteiger partial charge in [0.15, 0.2) is 6.10 Å². The van der Waals surface area contributed by atoms with E-state index in [-0.39, 0.29) is 12.8 Å². The van der Waals surface area contributed by atoms with Gasteiger partial charge in [0.25, 0.3) is 0 Å². The predicted octanol–water partition coefficient (Wildman–Crippen LogP) is 10.6. The highest BCUT2D eigenvalue weighted by molar-refractivity contribution is 7.47. The zero-order valence-corrected chi connectivity index (χ0v) is 37.4.